The molecule has 0 atom stereocenters. The van der Waals surface area contributed by atoms with Gasteiger partial charge in [-0.3, -0.25) is 9.78 Å². The van der Waals surface area contributed by atoms with Crippen LogP contribution in [0.15, 0.2) is 48.7 Å². The van der Waals surface area contributed by atoms with Gasteiger partial charge in [-0.25, -0.2) is 0 Å². The Bertz CT molecular complexity index is 553. The molecule has 0 unspecified atom stereocenters. The number of aromatic nitrogens is 1. The Morgan fingerprint density at radius 1 is 1.06 bits per heavy atom. The predicted molar refractivity (Wildman–Crippen MR) is 73.5 cm³/mol. The van der Waals surface area contributed by atoms with Crippen LogP contribution in [0.3, 0.4) is 0 Å². The van der Waals surface area contributed by atoms with Crippen molar-refractivity contribution in [3.05, 3.63) is 54.2 Å². The van der Waals surface area contributed by atoms with E-state index in [0.29, 0.717) is 0 Å². The maximum atomic E-state index is 12.2. The SMILES string of the molecule is CC(C)(C)C(=O)c1cccc(-c2ccccn2)c1. The first-order valence-electron chi connectivity index (χ1n) is 6.05. The molecule has 2 rings (SSSR count). The molecule has 2 nitrogen and oxygen atoms in total. The van der Waals surface area contributed by atoms with Gasteiger partial charge in [-0.2, -0.15) is 0 Å². The van der Waals surface area contributed by atoms with Crippen LogP contribution >= 0.6 is 0 Å². The third-order valence-corrected chi connectivity index (χ3v) is 2.77. The monoisotopic (exact) mass is 239 g/mol. The first kappa shape index (κ1) is 12.5. The fraction of sp³-hybridized carbons (Fsp3) is 0.250. The van der Waals surface area contributed by atoms with Crippen molar-refractivity contribution >= 4 is 5.78 Å². The molecule has 0 aliphatic carbocycles. The van der Waals surface area contributed by atoms with Crippen molar-refractivity contribution in [2.45, 2.75) is 20.8 Å². The maximum Gasteiger partial charge on any atom is 0.168 e. The van der Waals surface area contributed by atoms with Crippen LogP contribution in [0.5, 0.6) is 0 Å². The van der Waals surface area contributed by atoms with Gasteiger partial charge < -0.3 is 0 Å². The Balaban J connectivity index is 2.41. The summed E-state index contributed by atoms with van der Waals surface area (Å²) in [5.74, 6) is 0.153. The maximum absolute atomic E-state index is 12.2. The standard InChI is InChI=1S/C16H17NO/c1-16(2,3)15(18)13-8-6-7-12(11-13)14-9-4-5-10-17-14/h4-11H,1-3H3. The van der Waals surface area contributed by atoms with Gasteiger partial charge in [-0.1, -0.05) is 45.0 Å². The minimum Gasteiger partial charge on any atom is -0.294 e. The van der Waals surface area contributed by atoms with E-state index in [9.17, 15) is 4.79 Å². The summed E-state index contributed by atoms with van der Waals surface area (Å²) in [5.41, 5.74) is 2.25. The van der Waals surface area contributed by atoms with Crippen LogP contribution in [0, 0.1) is 5.41 Å². The first-order chi connectivity index (χ1) is 8.48. The summed E-state index contributed by atoms with van der Waals surface area (Å²) in [6.45, 7) is 5.80. The van der Waals surface area contributed by atoms with Crippen molar-refractivity contribution in [1.29, 1.82) is 0 Å². The lowest BCUT2D eigenvalue weighted by molar-refractivity contribution is 0.0858. The first-order valence-corrected chi connectivity index (χ1v) is 6.05. The molecule has 0 bridgehead atoms. The average Bonchev–Trinajstić information content (AvgIpc) is 2.38. The number of carbonyl (C=O) groups is 1. The topological polar surface area (TPSA) is 30.0 Å². The van der Waals surface area contributed by atoms with Gasteiger partial charge in [0, 0.05) is 22.7 Å². The zero-order chi connectivity index (χ0) is 13.2. The summed E-state index contributed by atoms with van der Waals surface area (Å²) < 4.78 is 0. The fourth-order valence-electron chi connectivity index (χ4n) is 1.79. The van der Waals surface area contributed by atoms with Crippen molar-refractivity contribution in [1.82, 2.24) is 4.98 Å². The van der Waals surface area contributed by atoms with Crippen molar-refractivity contribution in [3.8, 4) is 11.3 Å². The summed E-state index contributed by atoms with van der Waals surface area (Å²) in [5, 5.41) is 0. The van der Waals surface area contributed by atoms with E-state index in [1.807, 2.05) is 63.2 Å². The predicted octanol–water partition coefficient (Wildman–Crippen LogP) is 3.98. The summed E-state index contributed by atoms with van der Waals surface area (Å²) >= 11 is 0. The number of benzene rings is 1. The highest BCUT2D eigenvalue weighted by molar-refractivity contribution is 6.00. The van der Waals surface area contributed by atoms with Crippen LogP contribution in [-0.4, -0.2) is 10.8 Å². The third-order valence-electron chi connectivity index (χ3n) is 2.77. The number of hydrogen-bond acceptors (Lipinski definition) is 2. The molecule has 92 valence electrons. The molecule has 0 radical (unpaired) electrons. The molecule has 0 aliphatic heterocycles. The molecule has 0 fully saturated rings. The molecule has 18 heavy (non-hydrogen) atoms. The highest BCUT2D eigenvalue weighted by atomic mass is 16.1. The van der Waals surface area contributed by atoms with Crippen LogP contribution in [0.25, 0.3) is 11.3 Å². The van der Waals surface area contributed by atoms with E-state index in [2.05, 4.69) is 4.98 Å². The number of hydrogen-bond donors (Lipinski definition) is 0. The second-order valence-corrected chi connectivity index (χ2v) is 5.37. The Labute approximate surface area is 108 Å². The minimum atomic E-state index is -0.358. The van der Waals surface area contributed by atoms with Crippen LogP contribution in [0.2, 0.25) is 0 Å². The normalized spacial score (nSPS) is 11.3. The number of ketones is 1. The lowest BCUT2D eigenvalue weighted by Gasteiger charge is -2.16. The van der Waals surface area contributed by atoms with E-state index < -0.39 is 0 Å². The van der Waals surface area contributed by atoms with Crippen molar-refractivity contribution in [2.75, 3.05) is 0 Å². The molecular weight excluding hydrogens is 222 g/mol. The largest absolute Gasteiger partial charge is 0.294 e. The molecular formula is C16H17NO. The van der Waals surface area contributed by atoms with Gasteiger partial charge in [0.2, 0.25) is 0 Å². The van der Waals surface area contributed by atoms with Crippen molar-refractivity contribution < 1.29 is 4.79 Å². The fourth-order valence-corrected chi connectivity index (χ4v) is 1.79. The molecule has 1 aromatic carbocycles. The Kier molecular flexibility index (Phi) is 3.28. The summed E-state index contributed by atoms with van der Waals surface area (Å²) in [6.07, 6.45) is 1.76. The molecule has 2 heteroatoms. The number of carbonyl (C=O) groups excluding carboxylic acids is 1. The second-order valence-electron chi connectivity index (χ2n) is 5.37. The Morgan fingerprint density at radius 3 is 2.44 bits per heavy atom. The lowest BCUT2D eigenvalue weighted by atomic mass is 9.86. The number of rotatable bonds is 2. The number of pyridine rings is 1. The van der Waals surface area contributed by atoms with E-state index in [4.69, 9.17) is 0 Å². The lowest BCUT2D eigenvalue weighted by Crippen LogP contribution is -2.20. The molecule has 2 aromatic rings. The van der Waals surface area contributed by atoms with E-state index >= 15 is 0 Å². The van der Waals surface area contributed by atoms with Gasteiger partial charge >= 0.3 is 0 Å². The van der Waals surface area contributed by atoms with Gasteiger partial charge in [0.25, 0.3) is 0 Å². The van der Waals surface area contributed by atoms with Gasteiger partial charge in [-0.05, 0) is 18.2 Å². The van der Waals surface area contributed by atoms with Crippen molar-refractivity contribution in [3.63, 3.8) is 0 Å². The molecule has 0 saturated heterocycles. The molecule has 0 saturated carbocycles. The quantitative estimate of drug-likeness (QED) is 0.742. The summed E-state index contributed by atoms with van der Waals surface area (Å²) in [4.78, 5) is 16.5. The van der Waals surface area contributed by atoms with E-state index in [-0.39, 0.29) is 11.2 Å². The zero-order valence-electron chi connectivity index (χ0n) is 11.0. The molecule has 0 N–H and O–H groups in total. The molecule has 0 aliphatic rings. The smallest absolute Gasteiger partial charge is 0.168 e. The van der Waals surface area contributed by atoms with Crippen molar-refractivity contribution in [2.24, 2.45) is 5.41 Å². The number of nitrogens with zero attached hydrogens (tertiary/aromatic N) is 1. The van der Waals surface area contributed by atoms with E-state index in [0.717, 1.165) is 16.8 Å². The molecule has 0 spiro atoms. The van der Waals surface area contributed by atoms with Gasteiger partial charge in [-0.15, -0.1) is 0 Å². The molecule has 0 amide bonds. The Morgan fingerprint density at radius 2 is 1.83 bits per heavy atom. The van der Waals surface area contributed by atoms with Gasteiger partial charge in [0.15, 0.2) is 5.78 Å². The van der Waals surface area contributed by atoms with Crippen LogP contribution in [0.1, 0.15) is 31.1 Å². The van der Waals surface area contributed by atoms with E-state index in [1.54, 1.807) is 6.20 Å². The highest BCUT2D eigenvalue weighted by Gasteiger charge is 2.22. The minimum absolute atomic E-state index is 0.153. The number of Topliss-reactive ketones (excluding diaryl/α,β-unsaturated/α-hetero) is 1. The molecule has 1 aromatic heterocycles. The zero-order valence-corrected chi connectivity index (χ0v) is 11.0. The van der Waals surface area contributed by atoms with Gasteiger partial charge in [0.05, 0.1) is 5.69 Å². The van der Waals surface area contributed by atoms with Crippen LogP contribution in [-0.2, 0) is 0 Å². The van der Waals surface area contributed by atoms with Gasteiger partial charge in [0.1, 0.15) is 0 Å². The third kappa shape index (κ3) is 2.65. The summed E-state index contributed by atoms with van der Waals surface area (Å²) in [7, 11) is 0. The van der Waals surface area contributed by atoms with Crippen LogP contribution in [0.4, 0.5) is 0 Å². The molecule has 1 heterocycles. The average molecular weight is 239 g/mol. The van der Waals surface area contributed by atoms with E-state index in [1.165, 1.54) is 0 Å². The summed E-state index contributed by atoms with van der Waals surface area (Å²) in [6, 6.07) is 13.4. The Hall–Kier alpha value is -1.96. The second kappa shape index (κ2) is 4.73. The van der Waals surface area contributed by atoms with Crippen LogP contribution < -0.4 is 0 Å². The highest BCUT2D eigenvalue weighted by Crippen LogP contribution is 2.24.